The van der Waals surface area contributed by atoms with E-state index in [-0.39, 0.29) is 5.91 Å². The van der Waals surface area contributed by atoms with Crippen molar-refractivity contribution in [3.8, 4) is 0 Å². The number of nitrogens with zero attached hydrogens (tertiary/aromatic N) is 4. The number of aromatic nitrogens is 3. The van der Waals surface area contributed by atoms with E-state index in [0.717, 1.165) is 46.5 Å². The molecule has 0 spiro atoms. The molecule has 1 aliphatic heterocycles. The van der Waals surface area contributed by atoms with E-state index in [1.165, 1.54) is 12.8 Å². The predicted octanol–water partition coefficient (Wildman–Crippen LogP) is 5.38. The first kappa shape index (κ1) is 22.0. The Kier molecular flexibility index (Phi) is 6.51. The lowest BCUT2D eigenvalue weighted by molar-refractivity contribution is 0.102. The minimum absolute atomic E-state index is 0.137. The van der Waals surface area contributed by atoms with Crippen molar-refractivity contribution >= 4 is 33.5 Å². The molecule has 1 amide bonds. The van der Waals surface area contributed by atoms with Crippen LogP contribution in [-0.4, -0.2) is 37.9 Å². The molecule has 1 fully saturated rings. The van der Waals surface area contributed by atoms with Gasteiger partial charge in [0.2, 0.25) is 0 Å². The summed E-state index contributed by atoms with van der Waals surface area (Å²) in [5.74, 6) is 0.923. The van der Waals surface area contributed by atoms with Gasteiger partial charge in [-0.1, -0.05) is 19.9 Å². The smallest absolute Gasteiger partial charge is 0.255 e. The van der Waals surface area contributed by atoms with E-state index in [9.17, 15) is 4.79 Å². The molecular weight excluding hydrogens is 398 g/mol. The Morgan fingerprint density at radius 2 is 1.97 bits per heavy atom. The first-order valence-corrected chi connectivity index (χ1v) is 11.4. The van der Waals surface area contributed by atoms with Gasteiger partial charge in [-0.15, -0.1) is 0 Å². The van der Waals surface area contributed by atoms with Crippen molar-refractivity contribution in [1.29, 1.82) is 0 Å². The van der Waals surface area contributed by atoms with E-state index in [2.05, 4.69) is 33.7 Å². The standard InChI is InChI=1S/C24H25N5O.C2H6/c1-16-5-4-12-29(16)15-23-27-21-14-19(8-10-22(21)28(23)2)26-24(30)18-7-9-20-17(13-18)6-3-11-25-20;1-2/h3,6-11,13-14,16H,4-5,12,15H2,1-2H3,(H,26,30);1-2H3. The maximum absolute atomic E-state index is 12.8. The lowest BCUT2D eigenvalue weighted by Crippen LogP contribution is -2.27. The molecule has 1 atom stereocenters. The van der Waals surface area contributed by atoms with Gasteiger partial charge in [0.25, 0.3) is 5.91 Å². The van der Waals surface area contributed by atoms with Gasteiger partial charge in [-0.25, -0.2) is 4.98 Å². The average molecular weight is 430 g/mol. The Bertz CT molecular complexity index is 1250. The topological polar surface area (TPSA) is 63.1 Å². The number of benzene rings is 2. The Labute approximate surface area is 189 Å². The van der Waals surface area contributed by atoms with Crippen LogP contribution < -0.4 is 5.32 Å². The van der Waals surface area contributed by atoms with Crippen LogP contribution >= 0.6 is 0 Å². The van der Waals surface area contributed by atoms with Gasteiger partial charge in [0.1, 0.15) is 5.82 Å². The van der Waals surface area contributed by atoms with E-state index >= 15 is 0 Å². The van der Waals surface area contributed by atoms with Crippen LogP contribution in [0, 0.1) is 0 Å². The number of fused-ring (bicyclic) bond motifs is 2. The fourth-order valence-electron chi connectivity index (χ4n) is 4.30. The van der Waals surface area contributed by atoms with Crippen LogP contribution in [0.15, 0.2) is 54.7 Å². The molecule has 6 nitrogen and oxygen atoms in total. The van der Waals surface area contributed by atoms with Crippen LogP contribution in [0.1, 0.15) is 49.8 Å². The number of anilines is 1. The molecule has 2 aromatic carbocycles. The van der Waals surface area contributed by atoms with Gasteiger partial charge in [0, 0.05) is 35.9 Å². The second-order valence-corrected chi connectivity index (χ2v) is 8.12. The summed E-state index contributed by atoms with van der Waals surface area (Å²) in [7, 11) is 2.06. The van der Waals surface area contributed by atoms with Gasteiger partial charge in [0.05, 0.1) is 23.1 Å². The van der Waals surface area contributed by atoms with Crippen LogP contribution in [0.2, 0.25) is 0 Å². The van der Waals surface area contributed by atoms with Gasteiger partial charge in [-0.05, 0) is 68.8 Å². The van der Waals surface area contributed by atoms with Crippen molar-refractivity contribution in [1.82, 2.24) is 19.4 Å². The zero-order chi connectivity index (χ0) is 22.7. The molecule has 1 N–H and O–H groups in total. The highest BCUT2D eigenvalue weighted by molar-refractivity contribution is 6.06. The fraction of sp³-hybridized carbons (Fsp3) is 0.346. The number of nitrogens with one attached hydrogen (secondary N) is 1. The third kappa shape index (κ3) is 4.36. The molecule has 32 heavy (non-hydrogen) atoms. The maximum Gasteiger partial charge on any atom is 0.255 e. The molecule has 1 aliphatic rings. The highest BCUT2D eigenvalue weighted by atomic mass is 16.1. The van der Waals surface area contributed by atoms with E-state index in [4.69, 9.17) is 4.98 Å². The Morgan fingerprint density at radius 1 is 1.12 bits per heavy atom. The molecule has 0 radical (unpaired) electrons. The van der Waals surface area contributed by atoms with Crippen molar-refractivity contribution in [3.63, 3.8) is 0 Å². The molecule has 0 aliphatic carbocycles. The summed E-state index contributed by atoms with van der Waals surface area (Å²) in [6, 6.07) is 15.9. The van der Waals surface area contributed by atoms with E-state index < -0.39 is 0 Å². The molecule has 2 aromatic heterocycles. The lowest BCUT2D eigenvalue weighted by Gasteiger charge is -2.20. The predicted molar refractivity (Wildman–Crippen MR) is 131 cm³/mol. The Morgan fingerprint density at radius 3 is 2.75 bits per heavy atom. The summed E-state index contributed by atoms with van der Waals surface area (Å²) >= 11 is 0. The zero-order valence-corrected chi connectivity index (χ0v) is 19.3. The largest absolute Gasteiger partial charge is 0.330 e. The summed E-state index contributed by atoms with van der Waals surface area (Å²) in [6.07, 6.45) is 4.26. The van der Waals surface area contributed by atoms with Gasteiger partial charge < -0.3 is 9.88 Å². The summed E-state index contributed by atoms with van der Waals surface area (Å²) in [5.41, 5.74) is 4.22. The molecule has 166 valence electrons. The number of amides is 1. The second kappa shape index (κ2) is 9.49. The number of aryl methyl sites for hydroxylation is 1. The summed E-state index contributed by atoms with van der Waals surface area (Å²) in [5, 5.41) is 3.96. The Hall–Kier alpha value is -3.25. The molecule has 1 saturated heterocycles. The summed E-state index contributed by atoms with van der Waals surface area (Å²) in [6.45, 7) is 8.28. The Balaban J connectivity index is 0.00000119. The molecular formula is C26H31N5O. The van der Waals surface area contributed by atoms with E-state index in [1.807, 2.05) is 56.3 Å². The summed E-state index contributed by atoms with van der Waals surface area (Å²) in [4.78, 5) is 24.4. The summed E-state index contributed by atoms with van der Waals surface area (Å²) < 4.78 is 2.16. The van der Waals surface area contributed by atoms with Crippen molar-refractivity contribution < 1.29 is 4.79 Å². The van der Waals surface area contributed by atoms with Gasteiger partial charge in [-0.3, -0.25) is 14.7 Å². The normalized spacial score (nSPS) is 16.2. The highest BCUT2D eigenvalue weighted by Crippen LogP contribution is 2.24. The van der Waals surface area contributed by atoms with Crippen LogP contribution in [-0.2, 0) is 13.6 Å². The molecule has 5 rings (SSSR count). The molecule has 0 saturated carbocycles. The van der Waals surface area contributed by atoms with Crippen molar-refractivity contribution in [2.75, 3.05) is 11.9 Å². The number of rotatable bonds is 4. The van der Waals surface area contributed by atoms with E-state index in [0.29, 0.717) is 11.6 Å². The maximum atomic E-state index is 12.8. The minimum atomic E-state index is -0.137. The number of carbonyl (C=O) groups is 1. The van der Waals surface area contributed by atoms with Crippen LogP contribution in [0.3, 0.4) is 0 Å². The molecule has 1 unspecified atom stereocenters. The average Bonchev–Trinajstić information content (AvgIpc) is 3.37. The molecule has 6 heteroatoms. The van der Waals surface area contributed by atoms with Crippen LogP contribution in [0.5, 0.6) is 0 Å². The first-order valence-electron chi connectivity index (χ1n) is 11.4. The third-order valence-electron chi connectivity index (χ3n) is 6.13. The van der Waals surface area contributed by atoms with Crippen molar-refractivity contribution in [2.24, 2.45) is 7.05 Å². The van der Waals surface area contributed by atoms with Gasteiger partial charge in [0.15, 0.2) is 0 Å². The number of carbonyl (C=O) groups excluding carboxylic acids is 1. The highest BCUT2D eigenvalue weighted by Gasteiger charge is 2.22. The van der Waals surface area contributed by atoms with Crippen molar-refractivity contribution in [2.45, 2.75) is 46.2 Å². The minimum Gasteiger partial charge on any atom is -0.330 e. The number of hydrogen-bond donors (Lipinski definition) is 1. The van der Waals surface area contributed by atoms with Crippen LogP contribution in [0.4, 0.5) is 5.69 Å². The number of imidazole rings is 1. The van der Waals surface area contributed by atoms with Crippen LogP contribution in [0.25, 0.3) is 21.9 Å². The van der Waals surface area contributed by atoms with Gasteiger partial charge in [-0.2, -0.15) is 0 Å². The molecule has 0 bridgehead atoms. The molecule has 3 heterocycles. The second-order valence-electron chi connectivity index (χ2n) is 8.12. The van der Waals surface area contributed by atoms with Crippen molar-refractivity contribution in [3.05, 3.63) is 66.1 Å². The van der Waals surface area contributed by atoms with Gasteiger partial charge >= 0.3 is 0 Å². The third-order valence-corrected chi connectivity index (χ3v) is 6.13. The van der Waals surface area contributed by atoms with E-state index in [1.54, 1.807) is 12.3 Å². The number of likely N-dealkylation sites (tertiary alicyclic amines) is 1. The number of pyridine rings is 1. The lowest BCUT2D eigenvalue weighted by atomic mass is 10.1. The number of hydrogen-bond acceptors (Lipinski definition) is 4. The first-order chi connectivity index (χ1) is 15.6. The SMILES string of the molecule is CC.CC1CCCN1Cc1nc2cc(NC(=O)c3ccc4ncccc4c3)ccc2n1C. The monoisotopic (exact) mass is 429 g/mol. The fourth-order valence-corrected chi connectivity index (χ4v) is 4.30. The zero-order valence-electron chi connectivity index (χ0n) is 19.3. The quantitative estimate of drug-likeness (QED) is 0.473. The molecule has 4 aromatic rings.